The summed E-state index contributed by atoms with van der Waals surface area (Å²) in [6, 6.07) is 24.5. The Morgan fingerprint density at radius 3 is 1.61 bits per heavy atom. The van der Waals surface area contributed by atoms with Gasteiger partial charge < -0.3 is 21.5 Å². The van der Waals surface area contributed by atoms with Crippen LogP contribution in [0, 0.1) is 0 Å². The molecule has 0 unspecified atom stereocenters. The van der Waals surface area contributed by atoms with Crippen LogP contribution < -0.4 is 16.4 Å². The van der Waals surface area contributed by atoms with Crippen LogP contribution in [0.2, 0.25) is 0 Å². The van der Waals surface area contributed by atoms with Crippen LogP contribution in [0.25, 0.3) is 0 Å². The van der Waals surface area contributed by atoms with Crippen LogP contribution in [0.4, 0.5) is 17.1 Å². The van der Waals surface area contributed by atoms with Gasteiger partial charge in [-0.2, -0.15) is 0 Å². The Hall–Kier alpha value is -3.47. The van der Waals surface area contributed by atoms with Crippen LogP contribution >= 0.6 is 0 Å². The Kier molecular flexibility index (Phi) is 5.36. The monoisotopic (exact) mass is 415 g/mol. The second kappa shape index (κ2) is 7.99. The molecule has 0 amide bonds. The lowest BCUT2D eigenvalue weighted by molar-refractivity contribution is -0.142. The summed E-state index contributed by atoms with van der Waals surface area (Å²) in [5, 5.41) is 9.57. The SMILES string of the molecule is CC(C)(C(=O)O)c1ccc(N2[C@H](c3ccc(N)cc3)CC[C@H]2c2ccc(N)cc2)cc1. The van der Waals surface area contributed by atoms with Gasteiger partial charge in [0.05, 0.1) is 17.5 Å². The van der Waals surface area contributed by atoms with Crippen molar-refractivity contribution in [3.63, 3.8) is 0 Å². The molecular formula is C26H29N3O2. The van der Waals surface area contributed by atoms with E-state index in [4.69, 9.17) is 11.5 Å². The van der Waals surface area contributed by atoms with Gasteiger partial charge in [0.15, 0.2) is 0 Å². The summed E-state index contributed by atoms with van der Waals surface area (Å²) in [7, 11) is 0. The number of nitrogen functional groups attached to an aromatic ring is 2. The zero-order valence-electron chi connectivity index (χ0n) is 18.0. The Morgan fingerprint density at radius 1 is 0.806 bits per heavy atom. The fourth-order valence-corrected chi connectivity index (χ4v) is 4.44. The molecule has 3 aromatic carbocycles. The summed E-state index contributed by atoms with van der Waals surface area (Å²) in [5.74, 6) is -0.832. The standard InChI is InChI=1S/C26H29N3O2/c1-26(2,25(30)31)19-7-13-22(14-8-19)29-23(17-3-9-20(27)10-4-17)15-16-24(29)18-5-11-21(28)12-6-18/h3-14,23-24H,15-16,27-28H2,1-2H3,(H,30,31)/t23-,24-/m0/s1. The summed E-state index contributed by atoms with van der Waals surface area (Å²) in [4.78, 5) is 14.1. The molecule has 31 heavy (non-hydrogen) atoms. The number of rotatable bonds is 5. The van der Waals surface area contributed by atoms with Crippen molar-refractivity contribution in [3.05, 3.63) is 89.5 Å². The molecule has 0 bridgehead atoms. The predicted molar refractivity (Wildman–Crippen MR) is 126 cm³/mol. The van der Waals surface area contributed by atoms with E-state index in [0.29, 0.717) is 0 Å². The van der Waals surface area contributed by atoms with Crippen molar-refractivity contribution in [2.24, 2.45) is 0 Å². The van der Waals surface area contributed by atoms with Gasteiger partial charge in [0.25, 0.3) is 0 Å². The molecule has 0 spiro atoms. The van der Waals surface area contributed by atoms with Gasteiger partial charge in [0.2, 0.25) is 0 Å². The van der Waals surface area contributed by atoms with Crippen LogP contribution in [0.5, 0.6) is 0 Å². The fraction of sp³-hybridized carbons (Fsp3) is 0.269. The molecule has 0 aliphatic carbocycles. The van der Waals surface area contributed by atoms with Gasteiger partial charge in [-0.1, -0.05) is 36.4 Å². The molecule has 0 aromatic heterocycles. The zero-order chi connectivity index (χ0) is 22.2. The molecule has 1 aliphatic heterocycles. The van der Waals surface area contributed by atoms with E-state index in [-0.39, 0.29) is 12.1 Å². The van der Waals surface area contributed by atoms with Crippen LogP contribution in [0.1, 0.15) is 55.5 Å². The number of benzene rings is 3. The third-order valence-electron chi connectivity index (χ3n) is 6.45. The van der Waals surface area contributed by atoms with Crippen molar-refractivity contribution in [3.8, 4) is 0 Å². The third kappa shape index (κ3) is 3.96. The summed E-state index contributed by atoms with van der Waals surface area (Å²) >= 11 is 0. The van der Waals surface area contributed by atoms with Gasteiger partial charge in [0.1, 0.15) is 0 Å². The molecule has 1 heterocycles. The van der Waals surface area contributed by atoms with Crippen molar-refractivity contribution in [2.45, 2.75) is 44.2 Å². The first kappa shape index (κ1) is 20.8. The van der Waals surface area contributed by atoms with Crippen molar-refractivity contribution < 1.29 is 9.90 Å². The fourth-order valence-electron chi connectivity index (χ4n) is 4.44. The average molecular weight is 416 g/mol. The largest absolute Gasteiger partial charge is 0.481 e. The van der Waals surface area contributed by atoms with Gasteiger partial charge in [-0.25, -0.2) is 0 Å². The summed E-state index contributed by atoms with van der Waals surface area (Å²) in [5.41, 5.74) is 16.7. The maximum atomic E-state index is 11.7. The smallest absolute Gasteiger partial charge is 0.313 e. The molecule has 5 N–H and O–H groups in total. The van der Waals surface area contributed by atoms with Crippen LogP contribution in [-0.4, -0.2) is 11.1 Å². The Labute approximate surface area is 183 Å². The summed E-state index contributed by atoms with van der Waals surface area (Å²) in [6.45, 7) is 3.46. The van der Waals surface area contributed by atoms with Crippen LogP contribution in [0.3, 0.4) is 0 Å². The van der Waals surface area contributed by atoms with Crippen LogP contribution in [-0.2, 0) is 10.2 Å². The van der Waals surface area contributed by atoms with Gasteiger partial charge in [-0.05, 0) is 79.8 Å². The Morgan fingerprint density at radius 2 is 1.23 bits per heavy atom. The minimum atomic E-state index is -0.934. The van der Waals surface area contributed by atoms with Crippen molar-refractivity contribution in [1.82, 2.24) is 0 Å². The molecule has 160 valence electrons. The molecule has 1 aliphatic rings. The number of carboxylic acid groups (broad SMARTS) is 1. The minimum Gasteiger partial charge on any atom is -0.481 e. The molecule has 4 rings (SSSR count). The van der Waals surface area contributed by atoms with E-state index in [9.17, 15) is 9.90 Å². The molecule has 5 heteroatoms. The highest BCUT2D eigenvalue weighted by atomic mass is 16.4. The highest BCUT2D eigenvalue weighted by Crippen LogP contribution is 2.47. The highest BCUT2D eigenvalue weighted by molar-refractivity contribution is 5.80. The number of anilines is 3. The predicted octanol–water partition coefficient (Wildman–Crippen LogP) is 5.30. The second-order valence-electron chi connectivity index (χ2n) is 8.83. The molecule has 2 atom stereocenters. The molecule has 0 saturated carbocycles. The molecule has 0 radical (unpaired) electrons. The first-order chi connectivity index (χ1) is 14.8. The zero-order valence-corrected chi connectivity index (χ0v) is 18.0. The first-order valence-electron chi connectivity index (χ1n) is 10.6. The number of hydrogen-bond donors (Lipinski definition) is 3. The maximum absolute atomic E-state index is 11.7. The quantitative estimate of drug-likeness (QED) is 0.492. The molecule has 1 saturated heterocycles. The lowest BCUT2D eigenvalue weighted by Crippen LogP contribution is -2.29. The number of nitrogens with two attached hydrogens (primary N) is 2. The van der Waals surface area contributed by atoms with E-state index in [2.05, 4.69) is 29.2 Å². The number of carbonyl (C=O) groups is 1. The average Bonchev–Trinajstić information content (AvgIpc) is 3.20. The number of nitrogens with zero attached hydrogens (tertiary/aromatic N) is 1. The van der Waals surface area contributed by atoms with Gasteiger partial charge in [-0.3, -0.25) is 4.79 Å². The lowest BCUT2D eigenvalue weighted by atomic mass is 9.85. The summed E-state index contributed by atoms with van der Waals surface area (Å²) < 4.78 is 0. The van der Waals surface area contributed by atoms with E-state index < -0.39 is 11.4 Å². The topological polar surface area (TPSA) is 92.6 Å². The molecule has 5 nitrogen and oxygen atoms in total. The van der Waals surface area contributed by atoms with E-state index in [1.54, 1.807) is 13.8 Å². The van der Waals surface area contributed by atoms with Gasteiger partial charge >= 0.3 is 5.97 Å². The molecule has 3 aromatic rings. The van der Waals surface area contributed by atoms with Gasteiger partial charge in [-0.15, -0.1) is 0 Å². The second-order valence-corrected chi connectivity index (χ2v) is 8.83. The molecular weight excluding hydrogens is 386 g/mol. The van der Waals surface area contributed by atoms with E-state index >= 15 is 0 Å². The van der Waals surface area contributed by atoms with Crippen molar-refractivity contribution in [1.29, 1.82) is 0 Å². The van der Waals surface area contributed by atoms with E-state index in [1.807, 2.05) is 48.5 Å². The normalized spacial score (nSPS) is 18.8. The van der Waals surface area contributed by atoms with E-state index in [0.717, 1.165) is 35.5 Å². The Balaban J connectivity index is 1.74. The number of carboxylic acids is 1. The lowest BCUT2D eigenvalue weighted by Gasteiger charge is -2.34. The van der Waals surface area contributed by atoms with Crippen molar-refractivity contribution >= 4 is 23.0 Å². The van der Waals surface area contributed by atoms with Gasteiger partial charge in [0, 0.05) is 17.1 Å². The number of aliphatic carboxylic acids is 1. The molecule has 1 fully saturated rings. The minimum absolute atomic E-state index is 0.210. The number of hydrogen-bond acceptors (Lipinski definition) is 4. The first-order valence-corrected chi connectivity index (χ1v) is 10.6. The maximum Gasteiger partial charge on any atom is 0.313 e. The Bertz CT molecular complexity index is 1000. The van der Waals surface area contributed by atoms with Crippen molar-refractivity contribution in [2.75, 3.05) is 16.4 Å². The summed E-state index contributed by atoms with van der Waals surface area (Å²) in [6.07, 6.45) is 2.03. The van der Waals surface area contributed by atoms with E-state index in [1.165, 1.54) is 11.1 Å². The highest BCUT2D eigenvalue weighted by Gasteiger charge is 2.36. The van der Waals surface area contributed by atoms with Crippen LogP contribution in [0.15, 0.2) is 72.8 Å². The third-order valence-corrected chi connectivity index (χ3v) is 6.45.